The highest BCUT2D eigenvalue weighted by Gasteiger charge is 2.22. The molecule has 1 unspecified atom stereocenters. The Bertz CT molecular complexity index is 810. The van der Waals surface area contributed by atoms with Gasteiger partial charge in [0.2, 0.25) is 10.0 Å². The first kappa shape index (κ1) is 17.3. The van der Waals surface area contributed by atoms with Gasteiger partial charge in [-0.15, -0.1) is 0 Å². The number of H-pyrrole nitrogens is 1. The quantitative estimate of drug-likeness (QED) is 0.716. The molecule has 0 saturated heterocycles. The molecule has 23 heavy (non-hydrogen) atoms. The second kappa shape index (κ2) is 6.59. The lowest BCUT2D eigenvalue weighted by Crippen LogP contribution is -2.31. The van der Waals surface area contributed by atoms with Crippen LogP contribution in [-0.2, 0) is 14.8 Å². The molecule has 8 heteroatoms. The number of carboxylic acid groups (broad SMARTS) is 1. The summed E-state index contributed by atoms with van der Waals surface area (Å²) in [5.74, 6) is -1.12. The highest BCUT2D eigenvalue weighted by molar-refractivity contribution is 7.92. The predicted octanol–water partition coefficient (Wildman–Crippen LogP) is 2.28. The molecule has 3 N–H and O–H groups in total. The number of anilines is 1. The van der Waals surface area contributed by atoms with Gasteiger partial charge in [0.25, 0.3) is 0 Å². The van der Waals surface area contributed by atoms with Crippen LogP contribution in [0.2, 0.25) is 0 Å². The first-order valence-electron chi connectivity index (χ1n) is 7.11. The molecule has 7 nitrogen and oxygen atoms in total. The molecule has 0 aliphatic rings. The van der Waals surface area contributed by atoms with Crippen molar-refractivity contribution in [2.75, 3.05) is 17.6 Å². The van der Waals surface area contributed by atoms with E-state index >= 15 is 0 Å². The first-order chi connectivity index (χ1) is 10.7. The Balaban J connectivity index is 2.22. The molecule has 126 valence electrons. The lowest BCUT2D eigenvalue weighted by molar-refractivity contribution is 0.0699. The van der Waals surface area contributed by atoms with E-state index in [4.69, 9.17) is 9.84 Å². The molecule has 0 spiro atoms. The first-order valence-corrected chi connectivity index (χ1v) is 8.76. The van der Waals surface area contributed by atoms with E-state index in [0.29, 0.717) is 16.6 Å². The van der Waals surface area contributed by atoms with Crippen LogP contribution in [0, 0.1) is 5.92 Å². The second-order valence-electron chi connectivity index (χ2n) is 5.67. The molecule has 2 aromatic rings. The van der Waals surface area contributed by atoms with Crippen LogP contribution in [-0.4, -0.2) is 43.4 Å². The minimum absolute atomic E-state index is 0.0700. The molecule has 0 aliphatic heterocycles. The average molecular weight is 340 g/mol. The Hall–Kier alpha value is -2.06. The number of carbonyl (C=O) groups is 1. The van der Waals surface area contributed by atoms with Crippen LogP contribution in [0.3, 0.4) is 0 Å². The number of sulfonamides is 1. The van der Waals surface area contributed by atoms with Gasteiger partial charge in [0.15, 0.2) is 0 Å². The standard InChI is InChI=1S/C15H20N2O5S/c1-9(2)14(22-3)8-23(20,21)17-10-4-5-11-12(15(18)19)7-16-13(11)6-10/h4-7,9,14,16-17H,8H2,1-3H3,(H,18,19). The molecule has 1 aromatic heterocycles. The fraction of sp³-hybridized carbons (Fsp3) is 0.400. The van der Waals surface area contributed by atoms with Gasteiger partial charge < -0.3 is 14.8 Å². The molecule has 1 aromatic carbocycles. The molecule has 1 heterocycles. The van der Waals surface area contributed by atoms with Crippen LogP contribution >= 0.6 is 0 Å². The Morgan fingerprint density at radius 2 is 2.09 bits per heavy atom. The number of aromatic amines is 1. The Labute approximate surface area is 134 Å². The minimum Gasteiger partial charge on any atom is -0.478 e. The van der Waals surface area contributed by atoms with E-state index in [9.17, 15) is 13.2 Å². The lowest BCUT2D eigenvalue weighted by Gasteiger charge is -2.19. The largest absolute Gasteiger partial charge is 0.478 e. The van der Waals surface area contributed by atoms with E-state index in [1.54, 1.807) is 12.1 Å². The number of hydrogen-bond donors (Lipinski definition) is 3. The predicted molar refractivity (Wildman–Crippen MR) is 88.3 cm³/mol. The maximum atomic E-state index is 12.2. The van der Waals surface area contributed by atoms with Gasteiger partial charge in [-0.3, -0.25) is 4.72 Å². The number of fused-ring (bicyclic) bond motifs is 1. The fourth-order valence-electron chi connectivity index (χ4n) is 2.34. The van der Waals surface area contributed by atoms with Gasteiger partial charge in [0, 0.05) is 24.2 Å². The fourth-order valence-corrected chi connectivity index (χ4v) is 3.86. The Morgan fingerprint density at radius 1 is 1.39 bits per heavy atom. The highest BCUT2D eigenvalue weighted by atomic mass is 32.2. The van der Waals surface area contributed by atoms with Gasteiger partial charge >= 0.3 is 5.97 Å². The molecule has 1 atom stereocenters. The van der Waals surface area contributed by atoms with Crippen LogP contribution in [0.1, 0.15) is 24.2 Å². The van der Waals surface area contributed by atoms with Gasteiger partial charge in [0.1, 0.15) is 0 Å². The number of carboxylic acids is 1. The smallest absolute Gasteiger partial charge is 0.337 e. The van der Waals surface area contributed by atoms with E-state index in [1.807, 2.05) is 13.8 Å². The van der Waals surface area contributed by atoms with Crippen LogP contribution in [0.25, 0.3) is 10.9 Å². The number of nitrogens with one attached hydrogen (secondary N) is 2. The molecule has 0 amide bonds. The second-order valence-corrected chi connectivity index (χ2v) is 7.44. The van der Waals surface area contributed by atoms with Crippen LogP contribution in [0.5, 0.6) is 0 Å². The van der Waals surface area contributed by atoms with Gasteiger partial charge in [-0.25, -0.2) is 13.2 Å². The Morgan fingerprint density at radius 3 is 2.65 bits per heavy atom. The van der Waals surface area contributed by atoms with Crippen LogP contribution < -0.4 is 4.72 Å². The van der Waals surface area contributed by atoms with E-state index in [-0.39, 0.29) is 17.2 Å². The number of rotatable bonds is 7. The third-order valence-electron chi connectivity index (χ3n) is 3.62. The summed E-state index contributed by atoms with van der Waals surface area (Å²) in [6.45, 7) is 3.78. The van der Waals surface area contributed by atoms with Crippen LogP contribution in [0.4, 0.5) is 5.69 Å². The van der Waals surface area contributed by atoms with Crippen LogP contribution in [0.15, 0.2) is 24.4 Å². The highest BCUT2D eigenvalue weighted by Crippen LogP contribution is 2.23. The van der Waals surface area contributed by atoms with E-state index in [1.165, 1.54) is 19.4 Å². The normalized spacial score (nSPS) is 13.4. The van der Waals surface area contributed by atoms with Crippen molar-refractivity contribution < 1.29 is 23.1 Å². The van der Waals surface area contributed by atoms with Crippen molar-refractivity contribution in [2.45, 2.75) is 20.0 Å². The zero-order chi connectivity index (χ0) is 17.2. The third kappa shape index (κ3) is 4.02. The molecular formula is C15H20N2O5S. The molecule has 0 bridgehead atoms. The zero-order valence-electron chi connectivity index (χ0n) is 13.2. The summed E-state index contributed by atoms with van der Waals surface area (Å²) >= 11 is 0. The lowest BCUT2D eigenvalue weighted by atomic mass is 10.1. The third-order valence-corrected chi connectivity index (χ3v) is 4.93. The maximum Gasteiger partial charge on any atom is 0.337 e. The molecular weight excluding hydrogens is 320 g/mol. The van der Waals surface area contributed by atoms with Crippen molar-refractivity contribution in [3.05, 3.63) is 30.0 Å². The summed E-state index contributed by atoms with van der Waals surface area (Å²) in [5, 5.41) is 9.59. The number of aromatic nitrogens is 1. The van der Waals surface area contributed by atoms with Crippen molar-refractivity contribution in [3.63, 3.8) is 0 Å². The van der Waals surface area contributed by atoms with Crippen molar-refractivity contribution in [1.82, 2.24) is 4.98 Å². The molecule has 0 aliphatic carbocycles. The Kier molecular flexibility index (Phi) is 4.96. The van der Waals surface area contributed by atoms with Crippen molar-refractivity contribution in [1.29, 1.82) is 0 Å². The molecule has 0 radical (unpaired) electrons. The molecule has 2 rings (SSSR count). The summed E-state index contributed by atoms with van der Waals surface area (Å²) < 4.78 is 32.1. The van der Waals surface area contributed by atoms with Crippen molar-refractivity contribution >= 4 is 32.6 Å². The van der Waals surface area contributed by atoms with Gasteiger partial charge in [0.05, 0.1) is 23.1 Å². The summed E-state index contributed by atoms with van der Waals surface area (Å²) in [4.78, 5) is 13.9. The molecule has 0 saturated carbocycles. The monoisotopic (exact) mass is 340 g/mol. The van der Waals surface area contributed by atoms with E-state index < -0.39 is 22.1 Å². The number of aromatic carboxylic acids is 1. The van der Waals surface area contributed by atoms with Gasteiger partial charge in [-0.2, -0.15) is 0 Å². The SMILES string of the molecule is COC(CS(=O)(=O)Nc1ccc2c(C(=O)O)c[nH]c2c1)C(C)C. The number of benzene rings is 1. The number of ether oxygens (including phenoxy) is 1. The number of hydrogen-bond acceptors (Lipinski definition) is 4. The zero-order valence-corrected chi connectivity index (χ0v) is 14.0. The van der Waals surface area contributed by atoms with Gasteiger partial charge in [-0.05, 0) is 24.1 Å². The van der Waals surface area contributed by atoms with E-state index in [0.717, 1.165) is 0 Å². The average Bonchev–Trinajstić information content (AvgIpc) is 2.87. The molecule has 0 fully saturated rings. The number of methoxy groups -OCH3 is 1. The summed E-state index contributed by atoms with van der Waals surface area (Å²) in [5.41, 5.74) is 1.07. The van der Waals surface area contributed by atoms with Crippen molar-refractivity contribution in [2.24, 2.45) is 5.92 Å². The topological polar surface area (TPSA) is 108 Å². The van der Waals surface area contributed by atoms with Gasteiger partial charge in [-0.1, -0.05) is 13.8 Å². The summed E-state index contributed by atoms with van der Waals surface area (Å²) in [6.07, 6.45) is 0.977. The van der Waals surface area contributed by atoms with E-state index in [2.05, 4.69) is 9.71 Å². The summed E-state index contributed by atoms with van der Waals surface area (Å²) in [6, 6.07) is 4.68. The minimum atomic E-state index is -3.57. The maximum absolute atomic E-state index is 12.2. The van der Waals surface area contributed by atoms with Crippen molar-refractivity contribution in [3.8, 4) is 0 Å². The summed E-state index contributed by atoms with van der Waals surface area (Å²) in [7, 11) is -2.09.